The summed E-state index contributed by atoms with van der Waals surface area (Å²) in [6, 6.07) is 5.18. The van der Waals surface area contributed by atoms with Crippen molar-refractivity contribution in [1.82, 2.24) is 0 Å². The van der Waals surface area contributed by atoms with Crippen LogP contribution in [0.4, 0.5) is 10.5 Å². The number of benzene rings is 1. The van der Waals surface area contributed by atoms with Crippen molar-refractivity contribution in [1.29, 1.82) is 0 Å². The highest BCUT2D eigenvalue weighted by molar-refractivity contribution is 5.85. The molecular formula is C14H20N2O3. The van der Waals surface area contributed by atoms with E-state index in [0.717, 1.165) is 12.0 Å². The predicted molar refractivity (Wildman–Crippen MR) is 73.3 cm³/mol. The highest BCUT2D eigenvalue weighted by Crippen LogP contribution is 2.43. The van der Waals surface area contributed by atoms with Crippen LogP contribution in [0, 0.1) is 0 Å². The number of nitrogens with two attached hydrogens (primary N) is 1. The molecule has 1 aromatic carbocycles. The Kier molecular flexibility index (Phi) is 3.41. The van der Waals surface area contributed by atoms with Crippen molar-refractivity contribution in [3.05, 3.63) is 23.8 Å². The van der Waals surface area contributed by atoms with Gasteiger partial charge >= 0.3 is 6.09 Å². The van der Waals surface area contributed by atoms with E-state index in [2.05, 4.69) is 5.32 Å². The van der Waals surface area contributed by atoms with Crippen molar-refractivity contribution in [3.8, 4) is 5.75 Å². The number of aromatic hydroxyl groups is 1. The average molecular weight is 264 g/mol. The van der Waals surface area contributed by atoms with Crippen molar-refractivity contribution in [2.75, 3.05) is 5.32 Å². The molecule has 0 heterocycles. The van der Waals surface area contributed by atoms with E-state index in [1.165, 1.54) is 6.07 Å². The van der Waals surface area contributed by atoms with Gasteiger partial charge in [0, 0.05) is 23.7 Å². The van der Waals surface area contributed by atoms with Crippen molar-refractivity contribution in [3.63, 3.8) is 0 Å². The molecule has 1 aliphatic rings. The summed E-state index contributed by atoms with van der Waals surface area (Å²) in [5.74, 6) is 0.391. The van der Waals surface area contributed by atoms with Gasteiger partial charge in [0.25, 0.3) is 0 Å². The molecule has 1 aromatic rings. The molecule has 1 saturated carbocycles. The van der Waals surface area contributed by atoms with Crippen LogP contribution < -0.4 is 11.1 Å². The Labute approximate surface area is 112 Å². The Hall–Kier alpha value is -1.75. The van der Waals surface area contributed by atoms with E-state index >= 15 is 0 Å². The van der Waals surface area contributed by atoms with Gasteiger partial charge in [-0.15, -0.1) is 0 Å². The zero-order chi connectivity index (χ0) is 14.2. The third-order valence-electron chi connectivity index (χ3n) is 2.91. The molecule has 0 spiro atoms. The van der Waals surface area contributed by atoms with Crippen LogP contribution >= 0.6 is 0 Å². The van der Waals surface area contributed by atoms with Crippen LogP contribution in [0.15, 0.2) is 18.2 Å². The Balaban J connectivity index is 2.02. The molecule has 0 aliphatic heterocycles. The van der Waals surface area contributed by atoms with Gasteiger partial charge in [0.05, 0.1) is 0 Å². The highest BCUT2D eigenvalue weighted by atomic mass is 16.6. The molecule has 1 aliphatic carbocycles. The number of rotatable bonds is 2. The summed E-state index contributed by atoms with van der Waals surface area (Å²) in [6.45, 7) is 5.38. The van der Waals surface area contributed by atoms with E-state index in [1.807, 2.05) is 0 Å². The number of phenolic OH excluding ortho intramolecular Hbond substituents is 1. The fourth-order valence-corrected chi connectivity index (χ4v) is 1.93. The first-order valence-electron chi connectivity index (χ1n) is 6.35. The quantitative estimate of drug-likeness (QED) is 0.766. The van der Waals surface area contributed by atoms with Crippen molar-refractivity contribution in [2.24, 2.45) is 5.73 Å². The predicted octanol–water partition coefficient (Wildman–Crippen LogP) is 2.55. The molecule has 1 fully saturated rings. The maximum absolute atomic E-state index is 11.6. The fourth-order valence-electron chi connectivity index (χ4n) is 1.93. The van der Waals surface area contributed by atoms with Crippen LogP contribution in [0.3, 0.4) is 0 Å². The van der Waals surface area contributed by atoms with E-state index in [0.29, 0.717) is 5.69 Å². The molecular weight excluding hydrogens is 244 g/mol. The van der Waals surface area contributed by atoms with Gasteiger partial charge in [0.1, 0.15) is 11.4 Å². The first kappa shape index (κ1) is 13.7. The van der Waals surface area contributed by atoms with Gasteiger partial charge in [-0.05, 0) is 38.8 Å². The third kappa shape index (κ3) is 3.61. The van der Waals surface area contributed by atoms with Crippen molar-refractivity contribution < 1.29 is 14.6 Å². The molecule has 2 unspecified atom stereocenters. The topological polar surface area (TPSA) is 84.6 Å². The van der Waals surface area contributed by atoms with Gasteiger partial charge in [-0.1, -0.05) is 6.07 Å². The summed E-state index contributed by atoms with van der Waals surface area (Å²) >= 11 is 0. The summed E-state index contributed by atoms with van der Waals surface area (Å²) < 4.78 is 5.14. The second-order valence-electron chi connectivity index (χ2n) is 5.91. The summed E-state index contributed by atoms with van der Waals surface area (Å²) in [5, 5.41) is 12.5. The van der Waals surface area contributed by atoms with Crippen LogP contribution in [0.2, 0.25) is 0 Å². The standard InChI is InChI=1S/C14H20N2O3/c1-14(2,3)19-13(18)16-8-4-5-9(12(17)6-8)10-7-11(10)15/h4-6,10-11,17H,7,15H2,1-3H3,(H,16,18). The first-order valence-corrected chi connectivity index (χ1v) is 6.35. The van der Waals surface area contributed by atoms with Crippen molar-refractivity contribution >= 4 is 11.8 Å². The van der Waals surface area contributed by atoms with Crippen LogP contribution in [0.5, 0.6) is 5.75 Å². The highest BCUT2D eigenvalue weighted by Gasteiger charge is 2.36. The Morgan fingerprint density at radius 2 is 2.11 bits per heavy atom. The molecule has 2 atom stereocenters. The van der Waals surface area contributed by atoms with Crippen LogP contribution in [0.1, 0.15) is 38.7 Å². The number of anilines is 1. The number of amides is 1. The van der Waals surface area contributed by atoms with Gasteiger partial charge in [0.2, 0.25) is 0 Å². The fraction of sp³-hybridized carbons (Fsp3) is 0.500. The molecule has 4 N–H and O–H groups in total. The van der Waals surface area contributed by atoms with E-state index in [4.69, 9.17) is 10.5 Å². The number of nitrogens with one attached hydrogen (secondary N) is 1. The largest absolute Gasteiger partial charge is 0.508 e. The lowest BCUT2D eigenvalue weighted by Gasteiger charge is -2.19. The molecule has 2 rings (SSSR count). The van der Waals surface area contributed by atoms with E-state index in [1.54, 1.807) is 32.9 Å². The lowest BCUT2D eigenvalue weighted by molar-refractivity contribution is 0.0636. The summed E-state index contributed by atoms with van der Waals surface area (Å²) in [4.78, 5) is 11.6. The van der Waals surface area contributed by atoms with E-state index in [9.17, 15) is 9.90 Å². The van der Waals surface area contributed by atoms with E-state index < -0.39 is 11.7 Å². The monoisotopic (exact) mass is 264 g/mol. The lowest BCUT2D eigenvalue weighted by atomic mass is 10.1. The lowest BCUT2D eigenvalue weighted by Crippen LogP contribution is -2.27. The Morgan fingerprint density at radius 1 is 1.47 bits per heavy atom. The average Bonchev–Trinajstić information content (AvgIpc) is 2.92. The molecule has 104 valence electrons. The number of hydrogen-bond acceptors (Lipinski definition) is 4. The summed E-state index contributed by atoms with van der Waals surface area (Å²) in [6.07, 6.45) is 0.356. The molecule has 0 bridgehead atoms. The summed E-state index contributed by atoms with van der Waals surface area (Å²) in [7, 11) is 0. The molecule has 0 saturated heterocycles. The molecule has 19 heavy (non-hydrogen) atoms. The number of carbonyl (C=O) groups excluding carboxylic acids is 1. The Morgan fingerprint density at radius 3 is 2.58 bits per heavy atom. The van der Waals surface area contributed by atoms with Gasteiger partial charge in [0.15, 0.2) is 0 Å². The van der Waals surface area contributed by atoms with Crippen molar-refractivity contribution in [2.45, 2.75) is 44.8 Å². The molecule has 5 heteroatoms. The van der Waals surface area contributed by atoms with Crippen LogP contribution in [-0.4, -0.2) is 22.8 Å². The summed E-state index contributed by atoms with van der Waals surface area (Å²) in [5.41, 5.74) is 6.55. The number of phenols is 1. The zero-order valence-electron chi connectivity index (χ0n) is 11.4. The van der Waals surface area contributed by atoms with Gasteiger partial charge in [-0.3, -0.25) is 5.32 Å². The Bertz CT molecular complexity index is 494. The third-order valence-corrected chi connectivity index (χ3v) is 2.91. The zero-order valence-corrected chi connectivity index (χ0v) is 11.4. The maximum Gasteiger partial charge on any atom is 0.412 e. The minimum absolute atomic E-state index is 0.135. The molecule has 0 aromatic heterocycles. The van der Waals surface area contributed by atoms with Crippen LogP contribution in [-0.2, 0) is 4.74 Å². The van der Waals surface area contributed by atoms with Gasteiger partial charge in [-0.25, -0.2) is 4.79 Å². The number of ether oxygens (including phenoxy) is 1. The maximum atomic E-state index is 11.6. The van der Waals surface area contributed by atoms with Gasteiger partial charge in [-0.2, -0.15) is 0 Å². The van der Waals surface area contributed by atoms with Gasteiger partial charge < -0.3 is 15.6 Å². The second-order valence-corrected chi connectivity index (χ2v) is 5.91. The normalized spacial score (nSPS) is 21.9. The molecule has 1 amide bonds. The first-order chi connectivity index (χ1) is 8.76. The minimum atomic E-state index is -0.549. The molecule has 5 nitrogen and oxygen atoms in total. The number of carbonyl (C=O) groups is 1. The molecule has 0 radical (unpaired) electrons. The minimum Gasteiger partial charge on any atom is -0.508 e. The second kappa shape index (κ2) is 4.74. The van der Waals surface area contributed by atoms with Crippen LogP contribution in [0.25, 0.3) is 0 Å². The smallest absolute Gasteiger partial charge is 0.412 e. The number of hydrogen-bond donors (Lipinski definition) is 3. The SMILES string of the molecule is CC(C)(C)OC(=O)Nc1ccc(C2CC2N)c(O)c1. The van der Waals surface area contributed by atoms with E-state index in [-0.39, 0.29) is 17.7 Å².